The molecule has 1 unspecified atom stereocenters. The predicted octanol–water partition coefficient (Wildman–Crippen LogP) is 2.94. The molecule has 3 heterocycles. The lowest BCUT2D eigenvalue weighted by atomic mass is 10.1. The molecule has 24 heavy (non-hydrogen) atoms. The van der Waals surface area contributed by atoms with Gasteiger partial charge in [0.05, 0.1) is 20.3 Å². The van der Waals surface area contributed by atoms with Gasteiger partial charge in [-0.2, -0.15) is 0 Å². The molecular weight excluding hydrogens is 320 g/mol. The molecule has 2 fully saturated rings. The van der Waals surface area contributed by atoms with E-state index in [0.29, 0.717) is 6.04 Å². The van der Waals surface area contributed by atoms with Crippen LogP contribution in [0.4, 0.5) is 0 Å². The van der Waals surface area contributed by atoms with Crippen LogP contribution < -0.4 is 4.74 Å². The number of thiophene rings is 1. The van der Waals surface area contributed by atoms with Crippen LogP contribution in [0.25, 0.3) is 10.4 Å². The van der Waals surface area contributed by atoms with E-state index in [-0.39, 0.29) is 0 Å². The van der Waals surface area contributed by atoms with E-state index in [4.69, 9.17) is 9.47 Å². The maximum atomic E-state index is 5.65. The highest BCUT2D eigenvalue weighted by molar-refractivity contribution is 7.13. The van der Waals surface area contributed by atoms with E-state index in [1.54, 1.807) is 18.4 Å². The average Bonchev–Trinajstić information content (AvgIpc) is 3.16. The molecule has 4 nitrogen and oxygen atoms in total. The Balaban J connectivity index is 1.49. The lowest BCUT2D eigenvalue weighted by Crippen LogP contribution is -2.57. The molecule has 4 rings (SSSR count). The van der Waals surface area contributed by atoms with E-state index in [2.05, 4.69) is 45.5 Å². The molecule has 0 radical (unpaired) electrons. The van der Waals surface area contributed by atoms with Crippen LogP contribution in [0, 0.1) is 0 Å². The number of rotatable bonds is 4. The number of nitrogens with zero attached hydrogens (tertiary/aromatic N) is 2. The monoisotopic (exact) mass is 344 g/mol. The molecule has 0 N–H and O–H groups in total. The van der Waals surface area contributed by atoms with Crippen molar-refractivity contribution in [2.45, 2.75) is 12.6 Å². The second-order valence-corrected chi connectivity index (χ2v) is 7.46. The van der Waals surface area contributed by atoms with Gasteiger partial charge in [-0.1, -0.05) is 12.1 Å². The van der Waals surface area contributed by atoms with Crippen LogP contribution in [-0.2, 0) is 11.3 Å². The number of hydrogen-bond acceptors (Lipinski definition) is 5. The summed E-state index contributed by atoms with van der Waals surface area (Å²) in [6, 6.07) is 11.4. The summed E-state index contributed by atoms with van der Waals surface area (Å²) >= 11 is 1.76. The lowest BCUT2D eigenvalue weighted by molar-refractivity contribution is -0.0461. The summed E-state index contributed by atoms with van der Waals surface area (Å²) < 4.78 is 11.2. The Bertz CT molecular complexity index is 674. The van der Waals surface area contributed by atoms with Crippen molar-refractivity contribution in [2.24, 2.45) is 0 Å². The van der Waals surface area contributed by atoms with Crippen molar-refractivity contribution >= 4 is 11.3 Å². The predicted molar refractivity (Wildman–Crippen MR) is 97.8 cm³/mol. The number of fused-ring (bicyclic) bond motifs is 1. The first-order valence-electron chi connectivity index (χ1n) is 8.58. The Morgan fingerprint density at radius 1 is 1.25 bits per heavy atom. The minimum atomic E-state index is 0.558. The Morgan fingerprint density at radius 3 is 3.04 bits per heavy atom. The van der Waals surface area contributed by atoms with Crippen molar-refractivity contribution in [1.82, 2.24) is 9.80 Å². The zero-order valence-electron chi connectivity index (χ0n) is 14.1. The highest BCUT2D eigenvalue weighted by Crippen LogP contribution is 2.34. The van der Waals surface area contributed by atoms with Gasteiger partial charge in [-0.15, -0.1) is 11.3 Å². The lowest BCUT2D eigenvalue weighted by Gasteiger charge is -2.43. The normalized spacial score (nSPS) is 22.3. The third kappa shape index (κ3) is 3.35. The molecule has 128 valence electrons. The van der Waals surface area contributed by atoms with Gasteiger partial charge in [-0.05, 0) is 29.1 Å². The van der Waals surface area contributed by atoms with Gasteiger partial charge in [0, 0.05) is 49.2 Å². The van der Waals surface area contributed by atoms with E-state index in [0.717, 1.165) is 51.7 Å². The van der Waals surface area contributed by atoms with Gasteiger partial charge < -0.3 is 9.47 Å². The summed E-state index contributed by atoms with van der Waals surface area (Å²) in [5.41, 5.74) is 2.55. The average molecular weight is 344 g/mol. The minimum absolute atomic E-state index is 0.558. The van der Waals surface area contributed by atoms with Crippen LogP contribution in [0.3, 0.4) is 0 Å². The Labute approximate surface area is 147 Å². The number of piperazine rings is 1. The van der Waals surface area contributed by atoms with Crippen molar-refractivity contribution in [2.75, 3.05) is 46.5 Å². The molecule has 0 spiro atoms. The molecule has 1 aromatic heterocycles. The summed E-state index contributed by atoms with van der Waals surface area (Å²) in [6.45, 7) is 7.23. The fraction of sp³-hybridized carbons (Fsp3) is 0.474. The van der Waals surface area contributed by atoms with Gasteiger partial charge in [-0.3, -0.25) is 9.80 Å². The third-order valence-electron chi connectivity index (χ3n) is 4.98. The first-order chi connectivity index (χ1) is 11.8. The van der Waals surface area contributed by atoms with E-state index in [1.165, 1.54) is 16.0 Å². The molecule has 0 bridgehead atoms. The number of hydrogen-bond donors (Lipinski definition) is 0. The van der Waals surface area contributed by atoms with Crippen LogP contribution >= 0.6 is 11.3 Å². The second kappa shape index (κ2) is 7.23. The maximum Gasteiger partial charge on any atom is 0.127 e. The molecule has 2 aliphatic heterocycles. The highest BCUT2D eigenvalue weighted by Gasteiger charge is 2.29. The fourth-order valence-corrected chi connectivity index (χ4v) is 4.44. The number of benzene rings is 1. The minimum Gasteiger partial charge on any atom is -0.496 e. The zero-order chi connectivity index (χ0) is 16.4. The van der Waals surface area contributed by atoms with Crippen LogP contribution in [-0.4, -0.2) is 62.3 Å². The van der Waals surface area contributed by atoms with Gasteiger partial charge in [0.25, 0.3) is 0 Å². The van der Waals surface area contributed by atoms with Crippen molar-refractivity contribution in [1.29, 1.82) is 0 Å². The Kier molecular flexibility index (Phi) is 4.85. The smallest absolute Gasteiger partial charge is 0.127 e. The molecule has 2 aromatic rings. The van der Waals surface area contributed by atoms with Crippen molar-refractivity contribution in [3.8, 4) is 16.2 Å². The topological polar surface area (TPSA) is 24.9 Å². The SMILES string of the molecule is COc1ccc(CN2CCN3CCOCC3C2)cc1-c1cccs1. The van der Waals surface area contributed by atoms with Crippen molar-refractivity contribution in [3.05, 3.63) is 41.3 Å². The number of methoxy groups -OCH3 is 1. The number of morpholine rings is 1. The van der Waals surface area contributed by atoms with E-state index in [9.17, 15) is 0 Å². The quantitative estimate of drug-likeness (QED) is 0.851. The first-order valence-corrected chi connectivity index (χ1v) is 9.46. The molecular formula is C19H24N2O2S. The van der Waals surface area contributed by atoms with Crippen molar-refractivity contribution < 1.29 is 9.47 Å². The summed E-state index contributed by atoms with van der Waals surface area (Å²) in [7, 11) is 1.74. The van der Waals surface area contributed by atoms with E-state index < -0.39 is 0 Å². The Hall–Kier alpha value is -1.40. The van der Waals surface area contributed by atoms with Gasteiger partial charge in [0.2, 0.25) is 0 Å². The second-order valence-electron chi connectivity index (χ2n) is 6.51. The molecule has 1 aromatic carbocycles. The highest BCUT2D eigenvalue weighted by atomic mass is 32.1. The maximum absolute atomic E-state index is 5.65. The molecule has 0 amide bonds. The van der Waals surface area contributed by atoms with Gasteiger partial charge in [0.15, 0.2) is 0 Å². The third-order valence-corrected chi connectivity index (χ3v) is 5.88. The van der Waals surface area contributed by atoms with Gasteiger partial charge in [0.1, 0.15) is 5.75 Å². The molecule has 5 heteroatoms. The van der Waals surface area contributed by atoms with E-state index in [1.807, 2.05) is 0 Å². The fourth-order valence-electron chi connectivity index (χ4n) is 3.69. The largest absolute Gasteiger partial charge is 0.496 e. The summed E-state index contributed by atoms with van der Waals surface area (Å²) in [4.78, 5) is 6.39. The molecule has 0 saturated carbocycles. The Morgan fingerprint density at radius 2 is 2.21 bits per heavy atom. The van der Waals surface area contributed by atoms with Crippen LogP contribution in [0.2, 0.25) is 0 Å². The summed E-state index contributed by atoms with van der Waals surface area (Å²) in [5, 5.41) is 2.11. The van der Waals surface area contributed by atoms with Gasteiger partial charge in [-0.25, -0.2) is 0 Å². The summed E-state index contributed by atoms with van der Waals surface area (Å²) in [6.07, 6.45) is 0. The standard InChI is InChI=1S/C19H24N2O2S/c1-22-18-5-4-15(11-17(18)19-3-2-10-24-19)12-20-6-7-21-8-9-23-14-16(21)13-20/h2-5,10-11,16H,6-9,12-14H2,1H3. The van der Waals surface area contributed by atoms with E-state index >= 15 is 0 Å². The van der Waals surface area contributed by atoms with Gasteiger partial charge >= 0.3 is 0 Å². The van der Waals surface area contributed by atoms with Crippen LogP contribution in [0.15, 0.2) is 35.7 Å². The number of ether oxygens (including phenoxy) is 2. The summed E-state index contributed by atoms with van der Waals surface area (Å²) in [5.74, 6) is 0.951. The first kappa shape index (κ1) is 16.1. The molecule has 1 atom stereocenters. The van der Waals surface area contributed by atoms with Crippen LogP contribution in [0.5, 0.6) is 5.75 Å². The zero-order valence-corrected chi connectivity index (χ0v) is 14.9. The molecule has 2 saturated heterocycles. The van der Waals surface area contributed by atoms with Crippen molar-refractivity contribution in [3.63, 3.8) is 0 Å². The molecule has 0 aliphatic carbocycles. The molecule has 2 aliphatic rings. The van der Waals surface area contributed by atoms with Crippen LogP contribution in [0.1, 0.15) is 5.56 Å².